The number of benzene rings is 1. The summed E-state index contributed by atoms with van der Waals surface area (Å²) in [7, 11) is 1.92. The van der Waals surface area contributed by atoms with Gasteiger partial charge in [0, 0.05) is 12.7 Å². The van der Waals surface area contributed by atoms with Gasteiger partial charge in [0.2, 0.25) is 0 Å². The van der Waals surface area contributed by atoms with E-state index >= 15 is 0 Å². The number of hydrogen-bond acceptors (Lipinski definition) is 1. The van der Waals surface area contributed by atoms with E-state index in [1.807, 2.05) is 20.0 Å². The lowest BCUT2D eigenvalue weighted by molar-refractivity contribution is 1.11. The van der Waals surface area contributed by atoms with Crippen molar-refractivity contribution in [3.63, 3.8) is 0 Å². The zero-order chi connectivity index (χ0) is 12.1. The predicted molar refractivity (Wildman–Crippen MR) is 72.2 cm³/mol. The van der Waals surface area contributed by atoms with Gasteiger partial charge in [-0.25, -0.2) is 0 Å². The molecule has 0 aromatic heterocycles. The Labute approximate surface area is 98.2 Å². The molecule has 1 aromatic carbocycles. The fourth-order valence-electron chi connectivity index (χ4n) is 1.64. The van der Waals surface area contributed by atoms with E-state index in [9.17, 15) is 0 Å². The van der Waals surface area contributed by atoms with Gasteiger partial charge in [0.15, 0.2) is 0 Å². The summed E-state index contributed by atoms with van der Waals surface area (Å²) in [6, 6.07) is 8.42. The zero-order valence-corrected chi connectivity index (χ0v) is 10.3. The monoisotopic (exact) mass is 213 g/mol. The first-order valence-electron chi connectivity index (χ1n) is 5.37. The van der Waals surface area contributed by atoms with E-state index in [0.29, 0.717) is 0 Å². The maximum Gasteiger partial charge on any atom is 0.0487 e. The molecule has 0 aliphatic carbocycles. The molecular weight excluding hydrogens is 194 g/mol. The van der Waals surface area contributed by atoms with Crippen molar-refractivity contribution in [2.75, 3.05) is 7.05 Å². The maximum atomic E-state index is 3.97. The van der Waals surface area contributed by atoms with Crippen molar-refractivity contribution >= 4 is 5.70 Å². The van der Waals surface area contributed by atoms with E-state index in [2.05, 4.69) is 49.7 Å². The Hall–Kier alpha value is -1.76. The SMILES string of the molecule is C=C/C(C(=C)C)=C(\NC)c1ccc(C)cc1. The van der Waals surface area contributed by atoms with Crippen LogP contribution in [0.1, 0.15) is 18.1 Å². The summed E-state index contributed by atoms with van der Waals surface area (Å²) in [4.78, 5) is 0. The summed E-state index contributed by atoms with van der Waals surface area (Å²) in [5, 5.41) is 3.22. The number of allylic oxidation sites excluding steroid dienone is 3. The summed E-state index contributed by atoms with van der Waals surface area (Å²) in [5.41, 5.74) is 5.56. The molecule has 16 heavy (non-hydrogen) atoms. The molecule has 0 saturated carbocycles. The van der Waals surface area contributed by atoms with E-state index in [1.54, 1.807) is 0 Å². The first-order valence-corrected chi connectivity index (χ1v) is 5.37. The van der Waals surface area contributed by atoms with Gasteiger partial charge in [0.25, 0.3) is 0 Å². The molecular formula is C15H19N. The predicted octanol–water partition coefficient (Wildman–Crippen LogP) is 3.69. The van der Waals surface area contributed by atoms with Crippen LogP contribution in [0.2, 0.25) is 0 Å². The van der Waals surface area contributed by atoms with E-state index in [1.165, 1.54) is 5.56 Å². The van der Waals surface area contributed by atoms with Crippen molar-refractivity contribution in [1.82, 2.24) is 5.32 Å². The van der Waals surface area contributed by atoms with Crippen molar-refractivity contribution in [3.05, 3.63) is 65.8 Å². The second-order valence-corrected chi connectivity index (χ2v) is 3.89. The van der Waals surface area contributed by atoms with Crippen molar-refractivity contribution in [2.24, 2.45) is 0 Å². The number of aryl methyl sites for hydroxylation is 1. The molecule has 0 aliphatic rings. The van der Waals surface area contributed by atoms with Gasteiger partial charge >= 0.3 is 0 Å². The average Bonchev–Trinajstić information content (AvgIpc) is 2.26. The largest absolute Gasteiger partial charge is 0.387 e. The van der Waals surface area contributed by atoms with Crippen molar-refractivity contribution < 1.29 is 0 Å². The Bertz CT molecular complexity index is 421. The van der Waals surface area contributed by atoms with Crippen LogP contribution in [-0.4, -0.2) is 7.05 Å². The minimum absolute atomic E-state index is 1.01. The Morgan fingerprint density at radius 1 is 1.25 bits per heavy atom. The van der Waals surface area contributed by atoms with Gasteiger partial charge in [0.05, 0.1) is 0 Å². The molecule has 0 unspecified atom stereocenters. The van der Waals surface area contributed by atoms with Crippen LogP contribution in [0.4, 0.5) is 0 Å². The molecule has 1 N–H and O–H groups in total. The average molecular weight is 213 g/mol. The first kappa shape index (κ1) is 12.3. The second kappa shape index (κ2) is 5.36. The van der Waals surface area contributed by atoms with Crippen molar-refractivity contribution in [1.29, 1.82) is 0 Å². The van der Waals surface area contributed by atoms with Gasteiger partial charge in [-0.3, -0.25) is 0 Å². The molecule has 0 radical (unpaired) electrons. The Morgan fingerprint density at radius 2 is 1.81 bits per heavy atom. The van der Waals surface area contributed by atoms with E-state index < -0.39 is 0 Å². The molecule has 0 fully saturated rings. The molecule has 84 valence electrons. The van der Waals surface area contributed by atoms with Crippen molar-refractivity contribution in [2.45, 2.75) is 13.8 Å². The van der Waals surface area contributed by atoms with Crippen LogP contribution in [0.5, 0.6) is 0 Å². The smallest absolute Gasteiger partial charge is 0.0487 e. The number of hydrogen-bond donors (Lipinski definition) is 1. The quantitative estimate of drug-likeness (QED) is 0.752. The fourth-order valence-corrected chi connectivity index (χ4v) is 1.64. The Morgan fingerprint density at radius 3 is 2.19 bits per heavy atom. The lowest BCUT2D eigenvalue weighted by Crippen LogP contribution is -2.08. The Balaban J connectivity index is 3.30. The highest BCUT2D eigenvalue weighted by molar-refractivity contribution is 5.73. The summed E-state index contributed by atoms with van der Waals surface area (Å²) in [6.07, 6.45) is 1.84. The lowest BCUT2D eigenvalue weighted by atomic mass is 10.0. The lowest BCUT2D eigenvalue weighted by Gasteiger charge is -2.13. The van der Waals surface area contributed by atoms with Crippen LogP contribution in [0.25, 0.3) is 5.70 Å². The van der Waals surface area contributed by atoms with Gasteiger partial charge in [-0.1, -0.05) is 49.1 Å². The minimum atomic E-state index is 1.01. The third kappa shape index (κ3) is 2.63. The number of nitrogens with one attached hydrogen (secondary N) is 1. The maximum absolute atomic E-state index is 3.97. The molecule has 0 aliphatic heterocycles. The third-order valence-corrected chi connectivity index (χ3v) is 2.52. The van der Waals surface area contributed by atoms with Crippen LogP contribution in [-0.2, 0) is 0 Å². The Kier molecular flexibility index (Phi) is 4.12. The van der Waals surface area contributed by atoms with Gasteiger partial charge in [-0.15, -0.1) is 0 Å². The summed E-state index contributed by atoms with van der Waals surface area (Å²) < 4.78 is 0. The number of rotatable bonds is 4. The topological polar surface area (TPSA) is 12.0 Å². The highest BCUT2D eigenvalue weighted by Gasteiger charge is 2.05. The zero-order valence-electron chi connectivity index (χ0n) is 10.3. The van der Waals surface area contributed by atoms with Crippen LogP contribution in [0, 0.1) is 6.92 Å². The van der Waals surface area contributed by atoms with Crippen molar-refractivity contribution in [3.8, 4) is 0 Å². The molecule has 0 amide bonds. The molecule has 0 saturated heterocycles. The highest BCUT2D eigenvalue weighted by Crippen LogP contribution is 2.21. The fraction of sp³-hybridized carbons (Fsp3) is 0.200. The molecule has 1 aromatic rings. The van der Waals surface area contributed by atoms with Crippen LogP contribution in [0.15, 0.2) is 54.6 Å². The van der Waals surface area contributed by atoms with Gasteiger partial charge in [-0.05, 0) is 30.6 Å². The molecule has 0 bridgehead atoms. The van der Waals surface area contributed by atoms with Crippen LogP contribution in [0.3, 0.4) is 0 Å². The normalized spacial score (nSPS) is 11.7. The minimum Gasteiger partial charge on any atom is -0.387 e. The molecule has 0 atom stereocenters. The molecule has 1 rings (SSSR count). The molecule has 0 spiro atoms. The molecule has 1 nitrogen and oxygen atoms in total. The van der Waals surface area contributed by atoms with E-state index in [0.717, 1.165) is 22.4 Å². The van der Waals surface area contributed by atoms with E-state index in [4.69, 9.17) is 0 Å². The third-order valence-electron chi connectivity index (χ3n) is 2.52. The highest BCUT2D eigenvalue weighted by atomic mass is 14.8. The second-order valence-electron chi connectivity index (χ2n) is 3.89. The standard InChI is InChI=1S/C15H19N/c1-6-14(11(2)3)15(16-5)13-9-7-12(4)8-10-13/h6-10,16H,1-2H2,3-5H3/b15-14+. The van der Waals surface area contributed by atoms with Gasteiger partial charge < -0.3 is 5.32 Å². The first-order chi connectivity index (χ1) is 7.60. The van der Waals surface area contributed by atoms with E-state index in [-0.39, 0.29) is 0 Å². The van der Waals surface area contributed by atoms with Crippen LogP contribution >= 0.6 is 0 Å². The summed E-state index contributed by atoms with van der Waals surface area (Å²) >= 11 is 0. The van der Waals surface area contributed by atoms with Crippen LogP contribution < -0.4 is 5.32 Å². The van der Waals surface area contributed by atoms with Gasteiger partial charge in [-0.2, -0.15) is 0 Å². The summed E-state index contributed by atoms with van der Waals surface area (Å²) in [6.45, 7) is 11.9. The molecule has 1 heteroatoms. The molecule has 0 heterocycles. The van der Waals surface area contributed by atoms with Gasteiger partial charge in [0.1, 0.15) is 0 Å². The summed E-state index contributed by atoms with van der Waals surface area (Å²) in [5.74, 6) is 0.